The van der Waals surface area contributed by atoms with Crippen molar-refractivity contribution in [1.29, 1.82) is 0 Å². The Morgan fingerprint density at radius 1 is 1.15 bits per heavy atom. The number of amides is 1. The zero-order chi connectivity index (χ0) is 13.9. The minimum Gasteiger partial charge on any atom is -0.380 e. The topological polar surface area (TPSA) is 55.1 Å². The maximum atomic E-state index is 11.1. The second-order valence-corrected chi connectivity index (χ2v) is 5.54. The maximum Gasteiger partial charge on any atom is 0.249 e. The van der Waals surface area contributed by atoms with Gasteiger partial charge in [-0.3, -0.25) is 4.79 Å². The molecule has 0 fully saturated rings. The largest absolute Gasteiger partial charge is 0.380 e. The van der Waals surface area contributed by atoms with Crippen LogP contribution < -0.4 is 11.1 Å². The fourth-order valence-electron chi connectivity index (χ4n) is 2.16. The zero-order valence-corrected chi connectivity index (χ0v) is 11.6. The van der Waals surface area contributed by atoms with Crippen LogP contribution in [0, 0.1) is 0 Å². The molecular formula is C16H14N2OS. The van der Waals surface area contributed by atoms with Crippen LogP contribution in [-0.4, -0.2) is 5.91 Å². The molecule has 3 rings (SSSR count). The molecular weight excluding hydrogens is 268 g/mol. The van der Waals surface area contributed by atoms with Crippen LogP contribution in [0.2, 0.25) is 0 Å². The van der Waals surface area contributed by atoms with Crippen molar-refractivity contribution in [3.8, 4) is 0 Å². The van der Waals surface area contributed by atoms with Crippen molar-refractivity contribution in [2.75, 3.05) is 5.32 Å². The summed E-state index contributed by atoms with van der Waals surface area (Å²) in [4.78, 5) is 12.2. The molecule has 20 heavy (non-hydrogen) atoms. The molecule has 0 saturated heterocycles. The van der Waals surface area contributed by atoms with Crippen LogP contribution in [0.15, 0.2) is 53.9 Å². The highest BCUT2D eigenvalue weighted by atomic mass is 32.1. The molecule has 1 amide bonds. The summed E-state index contributed by atoms with van der Waals surface area (Å²) in [5.74, 6) is -0.377. The average molecular weight is 282 g/mol. The van der Waals surface area contributed by atoms with Gasteiger partial charge in [0.25, 0.3) is 0 Å². The number of hydrogen-bond acceptors (Lipinski definition) is 3. The SMILES string of the molecule is NC(=O)c1csc(CNc2cccc3ccccc23)c1. The second-order valence-electron chi connectivity index (χ2n) is 4.55. The summed E-state index contributed by atoms with van der Waals surface area (Å²) in [6.45, 7) is 0.686. The average Bonchev–Trinajstić information content (AvgIpc) is 2.94. The quantitative estimate of drug-likeness (QED) is 0.768. The Bertz CT molecular complexity index is 759. The first-order valence-corrected chi connectivity index (χ1v) is 7.21. The predicted octanol–water partition coefficient (Wildman–Crippen LogP) is 3.61. The van der Waals surface area contributed by atoms with E-state index in [4.69, 9.17) is 5.73 Å². The zero-order valence-electron chi connectivity index (χ0n) is 10.8. The van der Waals surface area contributed by atoms with Crippen molar-refractivity contribution < 1.29 is 4.79 Å². The lowest BCUT2D eigenvalue weighted by molar-refractivity contribution is 0.100. The van der Waals surface area contributed by atoms with Gasteiger partial charge in [0.15, 0.2) is 0 Å². The van der Waals surface area contributed by atoms with Gasteiger partial charge in [-0.2, -0.15) is 0 Å². The van der Waals surface area contributed by atoms with Crippen LogP contribution in [-0.2, 0) is 6.54 Å². The summed E-state index contributed by atoms with van der Waals surface area (Å²) in [6, 6.07) is 16.3. The molecule has 3 nitrogen and oxygen atoms in total. The summed E-state index contributed by atoms with van der Waals surface area (Å²) < 4.78 is 0. The Balaban J connectivity index is 1.81. The third-order valence-corrected chi connectivity index (χ3v) is 4.12. The molecule has 100 valence electrons. The summed E-state index contributed by atoms with van der Waals surface area (Å²) in [7, 11) is 0. The number of carbonyl (C=O) groups excluding carboxylic acids is 1. The Labute approximate surface area is 121 Å². The molecule has 0 aliphatic rings. The molecule has 0 unspecified atom stereocenters. The van der Waals surface area contributed by atoms with E-state index in [1.165, 1.54) is 22.1 Å². The van der Waals surface area contributed by atoms with Crippen LogP contribution in [0.1, 0.15) is 15.2 Å². The Morgan fingerprint density at radius 3 is 2.75 bits per heavy atom. The first kappa shape index (κ1) is 12.7. The number of rotatable bonds is 4. The lowest BCUT2D eigenvalue weighted by Crippen LogP contribution is -2.09. The van der Waals surface area contributed by atoms with Crippen LogP contribution in [0.25, 0.3) is 10.8 Å². The number of primary amides is 1. The first-order valence-electron chi connectivity index (χ1n) is 6.33. The van der Waals surface area contributed by atoms with Crippen molar-refractivity contribution in [2.24, 2.45) is 5.73 Å². The van der Waals surface area contributed by atoms with Gasteiger partial charge >= 0.3 is 0 Å². The normalized spacial score (nSPS) is 10.6. The maximum absolute atomic E-state index is 11.1. The summed E-state index contributed by atoms with van der Waals surface area (Å²) >= 11 is 1.54. The van der Waals surface area contributed by atoms with Gasteiger partial charge in [-0.25, -0.2) is 0 Å². The number of nitrogens with one attached hydrogen (secondary N) is 1. The molecule has 3 aromatic rings. The monoisotopic (exact) mass is 282 g/mol. The van der Waals surface area contributed by atoms with Gasteiger partial charge in [0.2, 0.25) is 5.91 Å². The summed E-state index contributed by atoms with van der Waals surface area (Å²) in [6.07, 6.45) is 0. The number of fused-ring (bicyclic) bond motifs is 1. The van der Waals surface area contributed by atoms with Gasteiger partial charge < -0.3 is 11.1 Å². The van der Waals surface area contributed by atoms with Crippen molar-refractivity contribution in [2.45, 2.75) is 6.54 Å². The number of carbonyl (C=O) groups is 1. The molecule has 0 saturated carbocycles. The van der Waals surface area contributed by atoms with E-state index in [9.17, 15) is 4.79 Å². The molecule has 1 aromatic heterocycles. The van der Waals surface area contributed by atoms with Crippen LogP contribution in [0.4, 0.5) is 5.69 Å². The van der Waals surface area contributed by atoms with E-state index in [2.05, 4.69) is 29.6 Å². The third-order valence-electron chi connectivity index (χ3n) is 3.18. The lowest BCUT2D eigenvalue weighted by atomic mass is 10.1. The van der Waals surface area contributed by atoms with Crippen LogP contribution in [0.3, 0.4) is 0 Å². The minimum atomic E-state index is -0.377. The van der Waals surface area contributed by atoms with Crippen molar-refractivity contribution >= 4 is 33.7 Å². The smallest absolute Gasteiger partial charge is 0.249 e. The van der Waals surface area contributed by atoms with E-state index in [1.54, 1.807) is 5.38 Å². The van der Waals surface area contributed by atoms with Crippen molar-refractivity contribution in [3.63, 3.8) is 0 Å². The van der Waals surface area contributed by atoms with Crippen molar-refractivity contribution in [3.05, 3.63) is 64.4 Å². The third kappa shape index (κ3) is 2.51. The van der Waals surface area contributed by atoms with Crippen LogP contribution >= 0.6 is 11.3 Å². The predicted molar refractivity (Wildman–Crippen MR) is 84.1 cm³/mol. The van der Waals surface area contributed by atoms with E-state index < -0.39 is 0 Å². The molecule has 0 aliphatic carbocycles. The molecule has 2 aromatic carbocycles. The van der Waals surface area contributed by atoms with Gasteiger partial charge in [-0.05, 0) is 17.5 Å². The molecule has 4 heteroatoms. The fourth-order valence-corrected chi connectivity index (χ4v) is 2.98. The van der Waals surface area contributed by atoms with Crippen LogP contribution in [0.5, 0.6) is 0 Å². The highest BCUT2D eigenvalue weighted by Gasteiger charge is 2.05. The number of thiophene rings is 1. The van der Waals surface area contributed by atoms with E-state index in [-0.39, 0.29) is 5.91 Å². The standard InChI is InChI=1S/C16H14N2OS/c17-16(19)12-8-13(20-10-12)9-18-15-7-3-5-11-4-1-2-6-14(11)15/h1-8,10,18H,9H2,(H2,17,19). The minimum absolute atomic E-state index is 0.377. The highest BCUT2D eigenvalue weighted by molar-refractivity contribution is 7.10. The Hall–Kier alpha value is -2.33. The molecule has 0 bridgehead atoms. The molecule has 0 radical (unpaired) electrons. The number of anilines is 1. The van der Waals surface area contributed by atoms with Gasteiger partial charge in [-0.1, -0.05) is 36.4 Å². The first-order chi connectivity index (χ1) is 9.74. The molecule has 1 heterocycles. The summed E-state index contributed by atoms with van der Waals surface area (Å²) in [5.41, 5.74) is 6.92. The Kier molecular flexibility index (Phi) is 3.39. The van der Waals surface area contributed by atoms with Gasteiger partial charge in [0, 0.05) is 27.9 Å². The summed E-state index contributed by atoms with van der Waals surface area (Å²) in [5, 5.41) is 7.61. The Morgan fingerprint density at radius 2 is 1.95 bits per heavy atom. The van der Waals surface area contributed by atoms with Gasteiger partial charge in [0.1, 0.15) is 0 Å². The number of hydrogen-bond donors (Lipinski definition) is 2. The number of nitrogens with two attached hydrogens (primary N) is 1. The fraction of sp³-hybridized carbons (Fsp3) is 0.0625. The van der Waals surface area contributed by atoms with E-state index in [0.717, 1.165) is 10.6 Å². The molecule has 3 N–H and O–H groups in total. The number of benzene rings is 2. The van der Waals surface area contributed by atoms with E-state index in [0.29, 0.717) is 12.1 Å². The molecule has 0 aliphatic heterocycles. The lowest BCUT2D eigenvalue weighted by Gasteiger charge is -2.08. The highest BCUT2D eigenvalue weighted by Crippen LogP contribution is 2.24. The van der Waals surface area contributed by atoms with Crippen molar-refractivity contribution in [1.82, 2.24) is 0 Å². The second kappa shape index (κ2) is 5.35. The molecule has 0 spiro atoms. The van der Waals surface area contributed by atoms with E-state index in [1.807, 2.05) is 24.3 Å². The van der Waals surface area contributed by atoms with Gasteiger partial charge in [-0.15, -0.1) is 11.3 Å². The van der Waals surface area contributed by atoms with Gasteiger partial charge in [0.05, 0.1) is 5.56 Å². The molecule has 0 atom stereocenters. The van der Waals surface area contributed by atoms with E-state index >= 15 is 0 Å².